The molecule has 0 aromatic heterocycles. The second-order valence-electron chi connectivity index (χ2n) is 5.11. The lowest BCUT2D eigenvalue weighted by Crippen LogP contribution is -2.19. The van der Waals surface area contributed by atoms with Gasteiger partial charge in [-0.1, -0.05) is 30.3 Å². The molecule has 1 aliphatic heterocycles. The zero-order chi connectivity index (χ0) is 13.9. The van der Waals surface area contributed by atoms with E-state index in [0.717, 1.165) is 36.3 Å². The Bertz CT molecular complexity index is 612. The van der Waals surface area contributed by atoms with Gasteiger partial charge in [-0.2, -0.15) is 0 Å². The average molecular weight is 271 g/mol. The summed E-state index contributed by atoms with van der Waals surface area (Å²) < 4.78 is 19.1. The maximum atomic E-state index is 13.3. The van der Waals surface area contributed by atoms with Crippen LogP contribution in [0.25, 0.3) is 0 Å². The third kappa shape index (κ3) is 2.54. The molecule has 3 heteroatoms. The molecule has 1 heterocycles. The van der Waals surface area contributed by atoms with Crippen molar-refractivity contribution in [1.29, 1.82) is 0 Å². The molecule has 20 heavy (non-hydrogen) atoms. The standard InChI is InChI=1S/C17H18FNO/c1-19-16(11-12-4-2-6-14(18)10-12)15-7-3-5-13-8-9-20-17(13)15/h2-7,10,16,19H,8-9,11H2,1H3. The summed E-state index contributed by atoms with van der Waals surface area (Å²) in [6, 6.07) is 13.2. The van der Waals surface area contributed by atoms with Crippen molar-refractivity contribution in [3.8, 4) is 5.75 Å². The summed E-state index contributed by atoms with van der Waals surface area (Å²) >= 11 is 0. The minimum atomic E-state index is -0.188. The fourth-order valence-electron chi connectivity index (χ4n) is 2.78. The van der Waals surface area contributed by atoms with Crippen LogP contribution in [0.5, 0.6) is 5.75 Å². The molecule has 0 spiro atoms. The van der Waals surface area contributed by atoms with Gasteiger partial charge in [0.2, 0.25) is 0 Å². The molecule has 3 rings (SSSR count). The lowest BCUT2D eigenvalue weighted by molar-refractivity contribution is 0.349. The normalized spacial score (nSPS) is 14.7. The molecule has 1 atom stereocenters. The highest BCUT2D eigenvalue weighted by atomic mass is 19.1. The van der Waals surface area contributed by atoms with Gasteiger partial charge in [-0.15, -0.1) is 0 Å². The van der Waals surface area contributed by atoms with Gasteiger partial charge in [-0.25, -0.2) is 4.39 Å². The Morgan fingerprint density at radius 1 is 1.25 bits per heavy atom. The SMILES string of the molecule is CNC(Cc1cccc(F)c1)c1cccc2c1OCC2. The van der Waals surface area contributed by atoms with Gasteiger partial charge in [0, 0.05) is 18.0 Å². The minimum Gasteiger partial charge on any atom is -0.493 e. The summed E-state index contributed by atoms with van der Waals surface area (Å²) in [6.07, 6.45) is 1.72. The molecule has 1 aliphatic rings. The molecule has 2 aromatic rings. The first-order valence-electron chi connectivity index (χ1n) is 6.94. The fourth-order valence-corrected chi connectivity index (χ4v) is 2.78. The number of rotatable bonds is 4. The van der Waals surface area contributed by atoms with Crippen molar-refractivity contribution < 1.29 is 9.13 Å². The number of hydrogen-bond acceptors (Lipinski definition) is 2. The molecule has 0 saturated carbocycles. The van der Waals surface area contributed by atoms with Crippen molar-refractivity contribution in [3.05, 3.63) is 65.0 Å². The third-order valence-electron chi connectivity index (χ3n) is 3.80. The summed E-state index contributed by atoms with van der Waals surface area (Å²) in [5, 5.41) is 3.31. The van der Waals surface area contributed by atoms with Crippen molar-refractivity contribution in [2.24, 2.45) is 0 Å². The van der Waals surface area contributed by atoms with Crippen LogP contribution in [0.1, 0.15) is 22.7 Å². The van der Waals surface area contributed by atoms with Gasteiger partial charge in [0.15, 0.2) is 0 Å². The molecule has 1 unspecified atom stereocenters. The number of nitrogens with one attached hydrogen (secondary N) is 1. The van der Waals surface area contributed by atoms with E-state index in [-0.39, 0.29) is 11.9 Å². The minimum absolute atomic E-state index is 0.129. The number of para-hydroxylation sites is 1. The summed E-state index contributed by atoms with van der Waals surface area (Å²) in [4.78, 5) is 0. The lowest BCUT2D eigenvalue weighted by Gasteiger charge is -2.19. The number of likely N-dealkylation sites (N-methyl/N-ethyl adjacent to an activating group) is 1. The second kappa shape index (κ2) is 5.63. The molecule has 0 fully saturated rings. The van der Waals surface area contributed by atoms with E-state index >= 15 is 0 Å². The molecular formula is C17H18FNO. The Kier molecular flexibility index (Phi) is 3.70. The summed E-state index contributed by atoms with van der Waals surface area (Å²) in [5.74, 6) is 0.815. The predicted molar refractivity (Wildman–Crippen MR) is 77.5 cm³/mol. The van der Waals surface area contributed by atoms with E-state index in [1.165, 1.54) is 11.6 Å². The molecule has 0 bridgehead atoms. The van der Waals surface area contributed by atoms with E-state index in [4.69, 9.17) is 4.74 Å². The van der Waals surface area contributed by atoms with E-state index in [0.29, 0.717) is 0 Å². The largest absolute Gasteiger partial charge is 0.493 e. The molecule has 1 N–H and O–H groups in total. The van der Waals surface area contributed by atoms with Gasteiger partial charge in [0.05, 0.1) is 6.61 Å². The highest BCUT2D eigenvalue weighted by Crippen LogP contribution is 2.34. The predicted octanol–water partition coefficient (Wildman–Crippen LogP) is 3.26. The molecule has 0 saturated heterocycles. The Hall–Kier alpha value is -1.87. The summed E-state index contributed by atoms with van der Waals surface area (Å²) in [6.45, 7) is 0.753. The highest BCUT2D eigenvalue weighted by molar-refractivity contribution is 5.46. The van der Waals surface area contributed by atoms with Crippen molar-refractivity contribution in [2.45, 2.75) is 18.9 Å². The Labute approximate surface area is 118 Å². The van der Waals surface area contributed by atoms with Crippen LogP contribution in [0.4, 0.5) is 4.39 Å². The first-order valence-corrected chi connectivity index (χ1v) is 6.94. The van der Waals surface area contributed by atoms with E-state index in [9.17, 15) is 4.39 Å². The van der Waals surface area contributed by atoms with Gasteiger partial charge in [0.1, 0.15) is 11.6 Å². The lowest BCUT2D eigenvalue weighted by atomic mass is 9.96. The molecular weight excluding hydrogens is 253 g/mol. The maximum absolute atomic E-state index is 13.3. The van der Waals surface area contributed by atoms with Crippen LogP contribution in [0.15, 0.2) is 42.5 Å². The quantitative estimate of drug-likeness (QED) is 0.921. The number of halogens is 1. The van der Waals surface area contributed by atoms with E-state index in [1.54, 1.807) is 12.1 Å². The van der Waals surface area contributed by atoms with Gasteiger partial charge < -0.3 is 10.1 Å². The zero-order valence-corrected chi connectivity index (χ0v) is 11.5. The molecule has 0 aliphatic carbocycles. The highest BCUT2D eigenvalue weighted by Gasteiger charge is 2.21. The molecule has 2 nitrogen and oxygen atoms in total. The Morgan fingerprint density at radius 3 is 2.90 bits per heavy atom. The van der Waals surface area contributed by atoms with Crippen molar-refractivity contribution >= 4 is 0 Å². The molecule has 104 valence electrons. The topological polar surface area (TPSA) is 21.3 Å². The van der Waals surface area contributed by atoms with Crippen molar-refractivity contribution in [2.75, 3.05) is 13.7 Å². The van der Waals surface area contributed by atoms with Crippen molar-refractivity contribution in [3.63, 3.8) is 0 Å². The zero-order valence-electron chi connectivity index (χ0n) is 11.5. The van der Waals surface area contributed by atoms with Crippen LogP contribution in [-0.4, -0.2) is 13.7 Å². The first kappa shape index (κ1) is 13.1. The number of hydrogen-bond donors (Lipinski definition) is 1. The fraction of sp³-hybridized carbons (Fsp3) is 0.294. The average Bonchev–Trinajstić information content (AvgIpc) is 2.93. The second-order valence-corrected chi connectivity index (χ2v) is 5.11. The van der Waals surface area contributed by atoms with Crippen LogP contribution in [0.2, 0.25) is 0 Å². The number of fused-ring (bicyclic) bond motifs is 1. The van der Waals surface area contributed by atoms with Crippen LogP contribution in [0.3, 0.4) is 0 Å². The van der Waals surface area contributed by atoms with Gasteiger partial charge in [-0.3, -0.25) is 0 Å². The van der Waals surface area contributed by atoms with Gasteiger partial charge in [0.25, 0.3) is 0 Å². The van der Waals surface area contributed by atoms with Crippen LogP contribution < -0.4 is 10.1 Å². The van der Waals surface area contributed by atoms with Gasteiger partial charge in [-0.05, 0) is 36.7 Å². The van der Waals surface area contributed by atoms with Crippen LogP contribution >= 0.6 is 0 Å². The van der Waals surface area contributed by atoms with E-state index < -0.39 is 0 Å². The smallest absolute Gasteiger partial charge is 0.127 e. The maximum Gasteiger partial charge on any atom is 0.127 e. The summed E-state index contributed by atoms with van der Waals surface area (Å²) in [5.41, 5.74) is 3.41. The van der Waals surface area contributed by atoms with E-state index in [1.807, 2.05) is 13.1 Å². The van der Waals surface area contributed by atoms with Crippen molar-refractivity contribution in [1.82, 2.24) is 5.32 Å². The Morgan fingerprint density at radius 2 is 2.10 bits per heavy atom. The molecule has 0 amide bonds. The number of ether oxygens (including phenoxy) is 1. The third-order valence-corrected chi connectivity index (χ3v) is 3.80. The number of benzene rings is 2. The monoisotopic (exact) mass is 271 g/mol. The van der Waals surface area contributed by atoms with E-state index in [2.05, 4.69) is 23.5 Å². The molecule has 0 radical (unpaired) electrons. The first-order chi connectivity index (χ1) is 9.78. The Balaban J connectivity index is 1.89. The van der Waals surface area contributed by atoms with Crippen LogP contribution in [-0.2, 0) is 12.8 Å². The van der Waals surface area contributed by atoms with Crippen LogP contribution in [0, 0.1) is 5.82 Å². The van der Waals surface area contributed by atoms with Gasteiger partial charge >= 0.3 is 0 Å². The molecule has 2 aromatic carbocycles. The summed E-state index contributed by atoms with van der Waals surface area (Å²) in [7, 11) is 1.93.